The average molecular weight is 353 g/mol. The maximum Gasteiger partial charge on any atom is -0.0312 e. The van der Waals surface area contributed by atoms with Crippen LogP contribution in [0.2, 0.25) is 0 Å². The predicted molar refractivity (Wildman–Crippen MR) is 101 cm³/mol. The third kappa shape index (κ3) is 12.2. The second-order valence-electron chi connectivity index (χ2n) is 5.36. The van der Waals surface area contributed by atoms with Gasteiger partial charge in [-0.05, 0) is 64.2 Å². The normalized spacial score (nSPS) is 17.3. The number of unbranched alkanes of at least 4 members (excludes halogenated alkanes) is 1. The van der Waals surface area contributed by atoms with Gasteiger partial charge in [-0.25, -0.2) is 0 Å². The molecule has 2 saturated carbocycles. The molecule has 0 aromatic heterocycles. The van der Waals surface area contributed by atoms with Crippen molar-refractivity contribution in [1.29, 1.82) is 0 Å². The van der Waals surface area contributed by atoms with Crippen LogP contribution in [-0.2, 0) is 20.0 Å². The van der Waals surface area contributed by atoms with Gasteiger partial charge in [-0.1, -0.05) is 0 Å². The van der Waals surface area contributed by atoms with E-state index in [0.29, 0.717) is 6.04 Å². The third-order valence-corrected chi connectivity index (χ3v) is 3.84. The van der Waals surface area contributed by atoms with Gasteiger partial charge in [0.25, 0.3) is 0 Å². The molecule has 1 N–H and O–H groups in total. The Morgan fingerprint density at radius 2 is 1.29 bits per heavy atom. The molecule has 0 unspecified atom stereocenters. The molecule has 2 aliphatic rings. The molecule has 0 bridgehead atoms. The van der Waals surface area contributed by atoms with Crippen molar-refractivity contribution in [3.8, 4) is 0 Å². The summed E-state index contributed by atoms with van der Waals surface area (Å²) in [6, 6.07) is 11.0. The van der Waals surface area contributed by atoms with E-state index < -0.39 is 0 Å². The molecule has 0 spiro atoms. The van der Waals surface area contributed by atoms with Crippen LogP contribution in [0.3, 0.4) is 0 Å². The van der Waals surface area contributed by atoms with E-state index >= 15 is 0 Å². The summed E-state index contributed by atoms with van der Waals surface area (Å²) in [5.41, 5.74) is 1.37. The smallest absolute Gasteiger partial charge is 0.0312 e. The van der Waals surface area contributed by atoms with E-state index in [1.54, 1.807) is 0 Å². The van der Waals surface area contributed by atoms with Crippen molar-refractivity contribution in [2.45, 2.75) is 25.8 Å². The molecule has 1 atom stereocenters. The summed E-state index contributed by atoms with van der Waals surface area (Å²) in [7, 11) is 0. The second-order valence-corrected chi connectivity index (χ2v) is 5.99. The van der Waals surface area contributed by atoms with Gasteiger partial charge in [0.05, 0.1) is 0 Å². The summed E-state index contributed by atoms with van der Waals surface area (Å²) in [5.74, 6) is 0. The first-order valence-corrected chi connectivity index (χ1v) is 9.35. The summed E-state index contributed by atoms with van der Waals surface area (Å²) in [6.07, 6.45) is 22.4. The van der Waals surface area contributed by atoms with E-state index in [0.717, 1.165) is 6.54 Å². The Balaban J connectivity index is 0.000000231. The molecule has 2 heteroatoms. The molecule has 2 aliphatic carbocycles. The van der Waals surface area contributed by atoms with Gasteiger partial charge in [-0.15, -0.1) is 0 Å². The molecule has 1 aromatic carbocycles. The molecule has 10 radical (unpaired) electrons. The molecule has 2 fully saturated rings. The van der Waals surface area contributed by atoms with Gasteiger partial charge >= 0.3 is 97.9 Å². The first-order valence-electron chi connectivity index (χ1n) is 8.45. The molecule has 0 saturated heterocycles. The van der Waals surface area contributed by atoms with Gasteiger partial charge in [-0.3, -0.25) is 0 Å². The van der Waals surface area contributed by atoms with Crippen molar-refractivity contribution in [2.75, 3.05) is 6.54 Å². The monoisotopic (exact) mass is 353 g/mol. The van der Waals surface area contributed by atoms with E-state index in [2.05, 4.69) is 66.9 Å². The Hall–Kier alpha value is -0.236. The standard InChI is InChI=1S/C12H17N.2C5H5.Ti/c1-3-4-10-13-11(2)12-8-6-5-7-9-12;2*1-2-4-5-3-1;/h1,5-9,11,13H,3-4,10H2,2H3;2*1-5H;/q;;;+2/t11-;;;/m0.../s1. The van der Waals surface area contributed by atoms with E-state index in [-0.39, 0.29) is 0 Å². The van der Waals surface area contributed by atoms with Gasteiger partial charge in [0.1, 0.15) is 0 Å². The number of nitrogens with one attached hydrogen (secondary N) is 1. The summed E-state index contributed by atoms with van der Waals surface area (Å²) >= 11 is 2.11. The zero-order valence-corrected chi connectivity index (χ0v) is 16.0. The largest absolute Gasteiger partial charge is 0.0312 e. The maximum atomic E-state index is 3.51. The number of rotatable bonds is 6. The Labute approximate surface area is 161 Å². The van der Waals surface area contributed by atoms with E-state index in [1.807, 2.05) is 64.2 Å². The maximum absolute atomic E-state index is 3.51. The van der Waals surface area contributed by atoms with Crippen LogP contribution in [0.1, 0.15) is 31.4 Å². The van der Waals surface area contributed by atoms with Crippen molar-refractivity contribution in [3.63, 3.8) is 0 Å². The summed E-state index contributed by atoms with van der Waals surface area (Å²) in [5, 5.41) is 3.51. The molecule has 0 aliphatic heterocycles. The molecule has 1 aromatic rings. The van der Waals surface area contributed by atoms with Crippen molar-refractivity contribution in [1.82, 2.24) is 5.32 Å². The molecule has 0 heterocycles. The minimum absolute atomic E-state index is 0.466. The molecule has 1 nitrogen and oxygen atoms in total. The molecule has 0 amide bonds. The quantitative estimate of drug-likeness (QED) is 0.586. The summed E-state index contributed by atoms with van der Waals surface area (Å²) in [6.45, 7) is 3.31. The van der Waals surface area contributed by atoms with Crippen LogP contribution in [-0.4, -0.2) is 10.9 Å². The SMILES string of the molecule is C[C@H](NCCC[CH]=[Ti+2])c1ccccc1.[CH]1[CH][CH][CH][CH]1.[CH]1[CH][CH][CH][CH]1. The van der Waals surface area contributed by atoms with Crippen molar-refractivity contribution in [3.05, 3.63) is 100 Å². The Kier molecular flexibility index (Phi) is 14.8. The average Bonchev–Trinajstić information content (AvgIpc) is 3.38. The van der Waals surface area contributed by atoms with Gasteiger partial charge in [0.2, 0.25) is 0 Å². The second kappa shape index (κ2) is 16.2. The van der Waals surface area contributed by atoms with Crippen LogP contribution < -0.4 is 5.32 Å². The molecule has 3 rings (SSSR count). The van der Waals surface area contributed by atoms with Gasteiger partial charge < -0.3 is 0 Å². The summed E-state index contributed by atoms with van der Waals surface area (Å²) in [4.78, 5) is 0. The number of hydrogen-bond donors (Lipinski definition) is 1. The van der Waals surface area contributed by atoms with Crippen LogP contribution in [0, 0.1) is 64.2 Å². The van der Waals surface area contributed by atoms with E-state index in [9.17, 15) is 0 Å². The first kappa shape index (κ1) is 21.8. The number of benzene rings is 1. The minimum atomic E-state index is 0.466. The minimum Gasteiger partial charge on any atom is -0.0312 e. The molecule has 122 valence electrons. The van der Waals surface area contributed by atoms with Crippen molar-refractivity contribution in [2.24, 2.45) is 0 Å². The first-order chi connectivity index (χ1) is 11.8. The molecular formula is C22H27NTi+2. The molecular weight excluding hydrogens is 326 g/mol. The third-order valence-electron chi connectivity index (χ3n) is 3.39. The van der Waals surface area contributed by atoms with Crippen LogP contribution in [0.5, 0.6) is 0 Å². The van der Waals surface area contributed by atoms with Gasteiger partial charge in [0, 0.05) is 0 Å². The van der Waals surface area contributed by atoms with Crippen LogP contribution in [0.25, 0.3) is 0 Å². The van der Waals surface area contributed by atoms with Crippen LogP contribution in [0.4, 0.5) is 0 Å². The van der Waals surface area contributed by atoms with Gasteiger partial charge in [-0.2, -0.15) is 0 Å². The Morgan fingerprint density at radius 3 is 1.71 bits per heavy atom. The van der Waals surface area contributed by atoms with Crippen LogP contribution >= 0.6 is 0 Å². The van der Waals surface area contributed by atoms with Gasteiger partial charge in [0.15, 0.2) is 0 Å². The fourth-order valence-electron chi connectivity index (χ4n) is 2.02. The zero-order chi connectivity index (χ0) is 17.3. The number of hydrogen-bond acceptors (Lipinski definition) is 1. The topological polar surface area (TPSA) is 12.0 Å². The molecule has 24 heavy (non-hydrogen) atoms. The fraction of sp³-hybridized carbons (Fsp3) is 0.227. The van der Waals surface area contributed by atoms with Crippen molar-refractivity contribution < 1.29 is 20.0 Å². The van der Waals surface area contributed by atoms with Crippen molar-refractivity contribution >= 4 is 4.31 Å². The zero-order valence-electron chi connectivity index (χ0n) is 14.4. The Morgan fingerprint density at radius 1 is 0.833 bits per heavy atom. The summed E-state index contributed by atoms with van der Waals surface area (Å²) < 4.78 is 2.22. The van der Waals surface area contributed by atoms with E-state index in [4.69, 9.17) is 0 Å². The van der Waals surface area contributed by atoms with Crippen LogP contribution in [0.15, 0.2) is 30.3 Å². The Bertz CT molecular complexity index is 357. The fourth-order valence-corrected chi connectivity index (χ4v) is 2.34. The van der Waals surface area contributed by atoms with E-state index in [1.165, 1.54) is 18.4 Å². The predicted octanol–water partition coefficient (Wildman–Crippen LogP) is 4.51.